The SMILES string of the molecule is CCNC(=NCc1cccnc1-n1ccnc1)N1CCC(C)(CC)C1. The summed E-state index contributed by atoms with van der Waals surface area (Å²) in [6.07, 6.45) is 9.68. The number of nitrogens with zero attached hydrogens (tertiary/aromatic N) is 5. The van der Waals surface area contributed by atoms with Gasteiger partial charge >= 0.3 is 0 Å². The van der Waals surface area contributed by atoms with Crippen LogP contribution in [0.4, 0.5) is 0 Å². The Morgan fingerprint density at radius 2 is 2.24 bits per heavy atom. The van der Waals surface area contributed by atoms with Crippen LogP contribution in [-0.2, 0) is 6.54 Å². The quantitative estimate of drug-likeness (QED) is 0.672. The standard InChI is InChI=1S/C19H28N6/c1-4-19(3)8-11-24(14-19)18(21-5-2)23-13-16-7-6-9-22-17(16)25-12-10-20-15-25/h6-7,9-10,12,15H,4-5,8,11,13-14H2,1-3H3,(H,21,23). The highest BCUT2D eigenvalue weighted by Crippen LogP contribution is 2.32. The Labute approximate surface area is 150 Å². The molecule has 1 aliphatic rings. The molecule has 1 aliphatic heterocycles. The molecular weight excluding hydrogens is 312 g/mol. The van der Waals surface area contributed by atoms with E-state index in [0.29, 0.717) is 12.0 Å². The summed E-state index contributed by atoms with van der Waals surface area (Å²) >= 11 is 0. The lowest BCUT2D eigenvalue weighted by Crippen LogP contribution is -2.41. The molecule has 0 bridgehead atoms. The summed E-state index contributed by atoms with van der Waals surface area (Å²) in [4.78, 5) is 15.9. The Balaban J connectivity index is 1.79. The van der Waals surface area contributed by atoms with Crippen LogP contribution in [-0.4, -0.2) is 45.0 Å². The molecule has 3 heterocycles. The molecule has 0 aromatic carbocycles. The summed E-state index contributed by atoms with van der Waals surface area (Å²) in [5.74, 6) is 1.89. The van der Waals surface area contributed by atoms with Gasteiger partial charge in [-0.05, 0) is 31.2 Å². The van der Waals surface area contributed by atoms with E-state index in [-0.39, 0.29) is 0 Å². The summed E-state index contributed by atoms with van der Waals surface area (Å²) in [7, 11) is 0. The number of nitrogens with one attached hydrogen (secondary N) is 1. The highest BCUT2D eigenvalue weighted by atomic mass is 15.3. The molecule has 25 heavy (non-hydrogen) atoms. The fourth-order valence-corrected chi connectivity index (χ4v) is 3.25. The number of guanidine groups is 1. The smallest absolute Gasteiger partial charge is 0.194 e. The van der Waals surface area contributed by atoms with Crippen LogP contribution < -0.4 is 5.32 Å². The Hall–Kier alpha value is -2.37. The van der Waals surface area contributed by atoms with Gasteiger partial charge in [-0.3, -0.25) is 4.57 Å². The minimum atomic E-state index is 0.395. The zero-order valence-corrected chi connectivity index (χ0v) is 15.4. The summed E-state index contributed by atoms with van der Waals surface area (Å²) in [6.45, 7) is 10.4. The third-order valence-electron chi connectivity index (χ3n) is 5.06. The Morgan fingerprint density at radius 1 is 1.36 bits per heavy atom. The van der Waals surface area contributed by atoms with Gasteiger partial charge in [-0.15, -0.1) is 0 Å². The molecule has 1 unspecified atom stereocenters. The second-order valence-electron chi connectivity index (χ2n) is 6.96. The number of aliphatic imine (C=N–C) groups is 1. The number of imidazole rings is 1. The third-order valence-corrected chi connectivity index (χ3v) is 5.06. The van der Waals surface area contributed by atoms with Gasteiger partial charge in [-0.2, -0.15) is 0 Å². The van der Waals surface area contributed by atoms with Gasteiger partial charge in [-0.1, -0.05) is 19.9 Å². The van der Waals surface area contributed by atoms with E-state index < -0.39 is 0 Å². The summed E-state index contributed by atoms with van der Waals surface area (Å²) in [5.41, 5.74) is 1.49. The molecule has 2 aromatic heterocycles. The molecule has 0 spiro atoms. The minimum Gasteiger partial charge on any atom is -0.357 e. The Bertz CT molecular complexity index is 708. The third kappa shape index (κ3) is 4.00. The van der Waals surface area contributed by atoms with E-state index >= 15 is 0 Å². The van der Waals surface area contributed by atoms with Crippen LogP contribution in [0.1, 0.15) is 39.2 Å². The molecule has 1 fully saturated rings. The highest BCUT2D eigenvalue weighted by molar-refractivity contribution is 5.80. The van der Waals surface area contributed by atoms with Crippen LogP contribution in [0.2, 0.25) is 0 Å². The lowest BCUT2D eigenvalue weighted by atomic mass is 9.87. The number of hydrogen-bond donors (Lipinski definition) is 1. The molecule has 0 saturated carbocycles. The molecule has 0 aliphatic carbocycles. The Morgan fingerprint density at radius 3 is 2.92 bits per heavy atom. The largest absolute Gasteiger partial charge is 0.357 e. The first kappa shape index (κ1) is 17.5. The average molecular weight is 340 g/mol. The predicted octanol–water partition coefficient (Wildman–Crippen LogP) is 2.85. The molecule has 2 aromatic rings. The van der Waals surface area contributed by atoms with Gasteiger partial charge in [0.1, 0.15) is 12.1 Å². The van der Waals surface area contributed by atoms with Crippen molar-refractivity contribution in [3.63, 3.8) is 0 Å². The molecule has 6 nitrogen and oxygen atoms in total. The lowest BCUT2D eigenvalue weighted by Gasteiger charge is -2.25. The molecular formula is C19H28N6. The van der Waals surface area contributed by atoms with Gasteiger partial charge in [0.25, 0.3) is 0 Å². The van der Waals surface area contributed by atoms with E-state index in [1.54, 1.807) is 18.7 Å². The summed E-state index contributed by atoms with van der Waals surface area (Å²) in [6, 6.07) is 4.04. The van der Waals surface area contributed by atoms with Crippen LogP contribution in [0.5, 0.6) is 0 Å². The van der Waals surface area contributed by atoms with E-state index in [1.165, 1.54) is 12.8 Å². The molecule has 1 saturated heterocycles. The molecule has 0 amide bonds. The number of aromatic nitrogens is 3. The molecule has 1 N–H and O–H groups in total. The van der Waals surface area contributed by atoms with Gasteiger partial charge in [0.2, 0.25) is 0 Å². The fourth-order valence-electron chi connectivity index (χ4n) is 3.25. The van der Waals surface area contributed by atoms with Crippen molar-refractivity contribution in [2.75, 3.05) is 19.6 Å². The van der Waals surface area contributed by atoms with Crippen LogP contribution in [0.25, 0.3) is 5.82 Å². The maximum Gasteiger partial charge on any atom is 0.194 e. The zero-order valence-electron chi connectivity index (χ0n) is 15.4. The Kier molecular flexibility index (Phi) is 5.36. The van der Waals surface area contributed by atoms with Crippen molar-refractivity contribution in [1.29, 1.82) is 0 Å². The number of likely N-dealkylation sites (tertiary alicyclic amines) is 1. The monoisotopic (exact) mass is 340 g/mol. The van der Waals surface area contributed by atoms with Crippen molar-refractivity contribution in [3.05, 3.63) is 42.6 Å². The van der Waals surface area contributed by atoms with Crippen LogP contribution in [0.15, 0.2) is 42.0 Å². The number of pyridine rings is 1. The first-order chi connectivity index (χ1) is 12.1. The summed E-state index contributed by atoms with van der Waals surface area (Å²) < 4.78 is 1.93. The van der Waals surface area contributed by atoms with Crippen molar-refractivity contribution in [1.82, 2.24) is 24.8 Å². The second-order valence-corrected chi connectivity index (χ2v) is 6.96. The van der Waals surface area contributed by atoms with E-state index in [1.807, 2.05) is 16.8 Å². The maximum atomic E-state index is 4.89. The van der Waals surface area contributed by atoms with Gasteiger partial charge < -0.3 is 10.2 Å². The molecule has 3 rings (SSSR count). The van der Waals surface area contributed by atoms with E-state index in [0.717, 1.165) is 37.0 Å². The second kappa shape index (κ2) is 7.68. The van der Waals surface area contributed by atoms with Crippen molar-refractivity contribution in [3.8, 4) is 5.82 Å². The zero-order chi connectivity index (χ0) is 17.7. The van der Waals surface area contributed by atoms with Gasteiger partial charge in [0.15, 0.2) is 5.96 Å². The number of rotatable bonds is 5. The van der Waals surface area contributed by atoms with Gasteiger partial charge in [0, 0.05) is 43.8 Å². The molecule has 1 atom stereocenters. The first-order valence-electron chi connectivity index (χ1n) is 9.10. The van der Waals surface area contributed by atoms with E-state index in [9.17, 15) is 0 Å². The highest BCUT2D eigenvalue weighted by Gasteiger charge is 2.33. The van der Waals surface area contributed by atoms with Crippen LogP contribution in [0, 0.1) is 5.41 Å². The van der Waals surface area contributed by atoms with Gasteiger partial charge in [-0.25, -0.2) is 15.0 Å². The average Bonchev–Trinajstić information content (AvgIpc) is 3.29. The maximum absolute atomic E-state index is 4.89. The van der Waals surface area contributed by atoms with Crippen molar-refractivity contribution in [2.24, 2.45) is 10.4 Å². The molecule has 134 valence electrons. The lowest BCUT2D eigenvalue weighted by molar-refractivity contribution is 0.322. The van der Waals surface area contributed by atoms with Crippen LogP contribution in [0.3, 0.4) is 0 Å². The molecule has 0 radical (unpaired) electrons. The van der Waals surface area contributed by atoms with Crippen molar-refractivity contribution < 1.29 is 0 Å². The van der Waals surface area contributed by atoms with Crippen molar-refractivity contribution >= 4 is 5.96 Å². The first-order valence-corrected chi connectivity index (χ1v) is 9.10. The van der Waals surface area contributed by atoms with E-state index in [2.05, 4.69) is 47.0 Å². The summed E-state index contributed by atoms with van der Waals surface area (Å²) in [5, 5.41) is 3.45. The van der Waals surface area contributed by atoms with Crippen LogP contribution >= 0.6 is 0 Å². The van der Waals surface area contributed by atoms with Gasteiger partial charge in [0.05, 0.1) is 6.54 Å². The normalized spacial score (nSPS) is 20.9. The minimum absolute atomic E-state index is 0.395. The van der Waals surface area contributed by atoms with Crippen molar-refractivity contribution in [2.45, 2.75) is 40.2 Å². The molecule has 6 heteroatoms. The fraction of sp³-hybridized carbons (Fsp3) is 0.526. The predicted molar refractivity (Wildman–Crippen MR) is 101 cm³/mol. The topological polar surface area (TPSA) is 58.3 Å². The van der Waals surface area contributed by atoms with E-state index in [4.69, 9.17) is 4.99 Å². The number of hydrogen-bond acceptors (Lipinski definition) is 3.